The number of hydrogen-bond acceptors (Lipinski definition) is 5. The molecule has 0 saturated carbocycles. The molecule has 17 heavy (non-hydrogen) atoms. The first kappa shape index (κ1) is 9.98. The number of H-pyrrole nitrogens is 1. The molecule has 0 aliphatic rings. The molecule has 3 aromatic heterocycles. The van der Waals surface area contributed by atoms with Crippen molar-refractivity contribution in [2.24, 2.45) is 0 Å². The van der Waals surface area contributed by atoms with Crippen molar-refractivity contribution >= 4 is 17.2 Å². The van der Waals surface area contributed by atoms with Crippen LogP contribution >= 0.6 is 11.3 Å². The van der Waals surface area contributed by atoms with Crippen LogP contribution in [0.25, 0.3) is 22.1 Å². The maximum atomic E-state index is 5.62. The van der Waals surface area contributed by atoms with E-state index in [4.69, 9.17) is 5.73 Å². The average Bonchev–Trinajstić information content (AvgIpc) is 3.00. The van der Waals surface area contributed by atoms with Gasteiger partial charge in [0.25, 0.3) is 0 Å². The minimum atomic E-state index is 0.463. The summed E-state index contributed by atoms with van der Waals surface area (Å²) in [7, 11) is 0. The number of aromatic nitrogens is 4. The molecule has 0 aliphatic carbocycles. The van der Waals surface area contributed by atoms with Crippen molar-refractivity contribution in [3.8, 4) is 22.1 Å². The summed E-state index contributed by atoms with van der Waals surface area (Å²) in [5.74, 6) is 1.86. The minimum absolute atomic E-state index is 0.463. The molecule has 0 fully saturated rings. The Bertz CT molecular complexity index is 629. The monoisotopic (exact) mass is 243 g/mol. The molecule has 3 N–H and O–H groups in total. The highest BCUT2D eigenvalue weighted by Gasteiger charge is 2.08. The number of nitrogens with zero attached hydrogens (tertiary/aromatic N) is 3. The van der Waals surface area contributed by atoms with Crippen LogP contribution in [0.2, 0.25) is 0 Å². The second-order valence-corrected chi connectivity index (χ2v) is 4.40. The standard InChI is InChI=1S/C11H9N5S/c12-9-6-7(3-4-13-9)10-14-11(16-15-10)8-2-1-5-17-8/h1-6H,(H2,12,13)(H,14,15,16). The molecule has 3 aromatic rings. The first-order valence-electron chi connectivity index (χ1n) is 5.01. The zero-order valence-electron chi connectivity index (χ0n) is 8.79. The van der Waals surface area contributed by atoms with Crippen molar-refractivity contribution in [3.63, 3.8) is 0 Å². The number of hydrogen-bond donors (Lipinski definition) is 2. The predicted octanol–water partition coefficient (Wildman–Crippen LogP) is 2.18. The summed E-state index contributed by atoms with van der Waals surface area (Å²) in [6, 6.07) is 7.56. The van der Waals surface area contributed by atoms with Crippen LogP contribution in [0, 0.1) is 0 Å². The summed E-state index contributed by atoms with van der Waals surface area (Å²) in [6.07, 6.45) is 1.64. The van der Waals surface area contributed by atoms with Gasteiger partial charge < -0.3 is 5.73 Å². The van der Waals surface area contributed by atoms with Gasteiger partial charge in [-0.05, 0) is 23.6 Å². The van der Waals surface area contributed by atoms with E-state index < -0.39 is 0 Å². The third-order valence-corrected chi connectivity index (χ3v) is 3.16. The Labute approximate surface area is 101 Å². The summed E-state index contributed by atoms with van der Waals surface area (Å²) < 4.78 is 0. The van der Waals surface area contributed by atoms with Gasteiger partial charge in [0.05, 0.1) is 4.88 Å². The summed E-state index contributed by atoms with van der Waals surface area (Å²) in [5.41, 5.74) is 6.48. The number of aromatic amines is 1. The SMILES string of the molecule is Nc1cc(-c2n[nH]c(-c3cccs3)n2)ccn1. The number of rotatable bonds is 2. The molecule has 3 rings (SSSR count). The molecule has 0 spiro atoms. The van der Waals surface area contributed by atoms with Crippen LogP contribution in [0.15, 0.2) is 35.8 Å². The number of thiophene rings is 1. The van der Waals surface area contributed by atoms with Gasteiger partial charge in [-0.1, -0.05) is 6.07 Å². The lowest BCUT2D eigenvalue weighted by Gasteiger charge is -1.95. The quantitative estimate of drug-likeness (QED) is 0.722. The number of nitrogen functional groups attached to an aromatic ring is 1. The van der Waals surface area contributed by atoms with E-state index in [0.29, 0.717) is 11.6 Å². The van der Waals surface area contributed by atoms with Crippen LogP contribution in [-0.4, -0.2) is 20.2 Å². The summed E-state index contributed by atoms with van der Waals surface area (Å²) in [4.78, 5) is 9.42. The zero-order chi connectivity index (χ0) is 11.7. The third kappa shape index (κ3) is 1.90. The Morgan fingerprint density at radius 1 is 1.29 bits per heavy atom. The molecular formula is C11H9N5S. The van der Waals surface area contributed by atoms with Crippen LogP contribution in [0.1, 0.15) is 0 Å². The van der Waals surface area contributed by atoms with E-state index in [9.17, 15) is 0 Å². The van der Waals surface area contributed by atoms with E-state index in [1.54, 1.807) is 23.6 Å². The Morgan fingerprint density at radius 3 is 3.00 bits per heavy atom. The summed E-state index contributed by atoms with van der Waals surface area (Å²) >= 11 is 1.62. The molecule has 0 aromatic carbocycles. The van der Waals surface area contributed by atoms with Crippen LogP contribution in [0.4, 0.5) is 5.82 Å². The second kappa shape index (κ2) is 3.99. The van der Waals surface area contributed by atoms with Gasteiger partial charge in [0.15, 0.2) is 11.6 Å². The van der Waals surface area contributed by atoms with E-state index in [0.717, 1.165) is 16.3 Å². The Kier molecular flexibility index (Phi) is 2.34. The van der Waals surface area contributed by atoms with Gasteiger partial charge in [-0.25, -0.2) is 9.97 Å². The molecule has 0 bridgehead atoms. The highest BCUT2D eigenvalue weighted by Crippen LogP contribution is 2.23. The van der Waals surface area contributed by atoms with Gasteiger partial charge in [0, 0.05) is 11.8 Å². The second-order valence-electron chi connectivity index (χ2n) is 3.45. The molecule has 0 radical (unpaired) electrons. The van der Waals surface area contributed by atoms with E-state index in [1.807, 2.05) is 23.6 Å². The number of nitrogens with one attached hydrogen (secondary N) is 1. The molecule has 84 valence electrons. The van der Waals surface area contributed by atoms with Gasteiger partial charge in [-0.2, -0.15) is 5.10 Å². The normalized spacial score (nSPS) is 10.6. The summed E-state index contributed by atoms with van der Waals surface area (Å²) in [5, 5.41) is 9.09. The van der Waals surface area contributed by atoms with Crippen LogP contribution in [0.5, 0.6) is 0 Å². The van der Waals surface area contributed by atoms with E-state index in [-0.39, 0.29) is 0 Å². The lowest BCUT2D eigenvalue weighted by Crippen LogP contribution is -1.90. The fraction of sp³-hybridized carbons (Fsp3) is 0. The van der Waals surface area contributed by atoms with E-state index in [2.05, 4.69) is 20.2 Å². The Morgan fingerprint density at radius 2 is 2.24 bits per heavy atom. The van der Waals surface area contributed by atoms with Crippen LogP contribution in [-0.2, 0) is 0 Å². The van der Waals surface area contributed by atoms with Crippen molar-refractivity contribution in [1.29, 1.82) is 0 Å². The smallest absolute Gasteiger partial charge is 0.181 e. The summed E-state index contributed by atoms with van der Waals surface area (Å²) in [6.45, 7) is 0. The molecular weight excluding hydrogens is 234 g/mol. The first-order valence-corrected chi connectivity index (χ1v) is 5.89. The van der Waals surface area contributed by atoms with Crippen LogP contribution in [0.3, 0.4) is 0 Å². The maximum absolute atomic E-state index is 5.62. The van der Waals surface area contributed by atoms with Gasteiger partial charge >= 0.3 is 0 Å². The molecule has 6 heteroatoms. The van der Waals surface area contributed by atoms with E-state index in [1.165, 1.54) is 0 Å². The predicted molar refractivity (Wildman–Crippen MR) is 67.3 cm³/mol. The fourth-order valence-electron chi connectivity index (χ4n) is 1.50. The highest BCUT2D eigenvalue weighted by atomic mass is 32.1. The third-order valence-electron chi connectivity index (χ3n) is 2.28. The zero-order valence-corrected chi connectivity index (χ0v) is 9.61. The Balaban J connectivity index is 2.01. The van der Waals surface area contributed by atoms with Crippen molar-refractivity contribution in [2.75, 3.05) is 5.73 Å². The maximum Gasteiger partial charge on any atom is 0.181 e. The molecule has 0 aliphatic heterocycles. The lowest BCUT2D eigenvalue weighted by molar-refractivity contribution is 1.10. The van der Waals surface area contributed by atoms with Gasteiger partial charge in [-0.15, -0.1) is 11.3 Å². The van der Waals surface area contributed by atoms with Crippen molar-refractivity contribution in [1.82, 2.24) is 20.2 Å². The average molecular weight is 243 g/mol. The highest BCUT2D eigenvalue weighted by molar-refractivity contribution is 7.13. The molecule has 3 heterocycles. The molecule has 0 atom stereocenters. The molecule has 0 amide bonds. The number of pyridine rings is 1. The lowest BCUT2D eigenvalue weighted by atomic mass is 10.2. The number of anilines is 1. The Hall–Kier alpha value is -2.21. The largest absolute Gasteiger partial charge is 0.384 e. The molecule has 5 nitrogen and oxygen atoms in total. The minimum Gasteiger partial charge on any atom is -0.384 e. The van der Waals surface area contributed by atoms with Crippen molar-refractivity contribution in [3.05, 3.63) is 35.8 Å². The van der Waals surface area contributed by atoms with Gasteiger partial charge in [0.1, 0.15) is 5.82 Å². The van der Waals surface area contributed by atoms with Gasteiger partial charge in [-0.3, -0.25) is 5.10 Å². The molecule has 0 saturated heterocycles. The van der Waals surface area contributed by atoms with Gasteiger partial charge in [0.2, 0.25) is 0 Å². The van der Waals surface area contributed by atoms with Crippen molar-refractivity contribution < 1.29 is 0 Å². The van der Waals surface area contributed by atoms with Crippen LogP contribution < -0.4 is 5.73 Å². The van der Waals surface area contributed by atoms with Crippen molar-refractivity contribution in [2.45, 2.75) is 0 Å². The van der Waals surface area contributed by atoms with E-state index >= 15 is 0 Å². The topological polar surface area (TPSA) is 80.5 Å². The number of nitrogens with two attached hydrogens (primary N) is 1. The fourth-order valence-corrected chi connectivity index (χ4v) is 2.17. The first-order chi connectivity index (χ1) is 8.33. The molecule has 0 unspecified atom stereocenters.